The van der Waals surface area contributed by atoms with E-state index in [4.69, 9.17) is 5.73 Å². The first-order chi connectivity index (χ1) is 5.01. The minimum atomic E-state index is -0.528. The summed E-state index contributed by atoms with van der Waals surface area (Å²) in [5, 5.41) is 2.99. The third-order valence-electron chi connectivity index (χ3n) is 2.43. The summed E-state index contributed by atoms with van der Waals surface area (Å²) in [7, 11) is 1.77. The van der Waals surface area contributed by atoms with Gasteiger partial charge in [-0.2, -0.15) is 0 Å². The van der Waals surface area contributed by atoms with E-state index in [1.54, 1.807) is 7.05 Å². The molecule has 0 rings (SSSR count). The number of primary amides is 1. The van der Waals surface area contributed by atoms with Crippen molar-refractivity contribution in [3.05, 3.63) is 0 Å². The van der Waals surface area contributed by atoms with Crippen LogP contribution in [0.4, 0.5) is 0 Å². The Morgan fingerprint density at radius 1 is 1.64 bits per heavy atom. The first-order valence-electron chi connectivity index (χ1n) is 4.00. The van der Waals surface area contributed by atoms with E-state index < -0.39 is 5.54 Å². The van der Waals surface area contributed by atoms with Crippen molar-refractivity contribution >= 4 is 5.91 Å². The van der Waals surface area contributed by atoms with Gasteiger partial charge < -0.3 is 11.1 Å². The lowest BCUT2D eigenvalue weighted by atomic mass is 9.83. The number of nitrogens with two attached hydrogens (primary N) is 1. The molecule has 1 amide bonds. The Kier molecular flexibility index (Phi) is 3.52. The van der Waals surface area contributed by atoms with Crippen molar-refractivity contribution in [1.82, 2.24) is 5.32 Å². The van der Waals surface area contributed by atoms with Gasteiger partial charge in [-0.3, -0.25) is 4.79 Å². The second kappa shape index (κ2) is 3.72. The van der Waals surface area contributed by atoms with Crippen LogP contribution < -0.4 is 11.1 Å². The Morgan fingerprint density at radius 2 is 2.09 bits per heavy atom. The van der Waals surface area contributed by atoms with Crippen LogP contribution in [-0.2, 0) is 4.79 Å². The molecule has 0 radical (unpaired) electrons. The number of hydrogen-bond donors (Lipinski definition) is 2. The Labute approximate surface area is 68.3 Å². The monoisotopic (exact) mass is 158 g/mol. The second-order valence-electron chi connectivity index (χ2n) is 3.09. The van der Waals surface area contributed by atoms with Gasteiger partial charge in [0.05, 0.1) is 5.54 Å². The van der Waals surface area contributed by atoms with Crippen LogP contribution in [-0.4, -0.2) is 18.5 Å². The standard InChI is InChI=1S/C8H18N2O/c1-5-8(10-4,6(2)3)7(9)11/h6,10H,5H2,1-4H3,(H2,9,11). The number of likely N-dealkylation sites (N-methyl/N-ethyl adjacent to an activating group) is 1. The SMILES string of the molecule is CCC(NC)(C(N)=O)C(C)C. The molecular formula is C8H18N2O. The summed E-state index contributed by atoms with van der Waals surface area (Å²) in [5.74, 6) is -0.0347. The molecule has 0 aromatic rings. The summed E-state index contributed by atoms with van der Waals surface area (Å²) in [4.78, 5) is 11.1. The highest BCUT2D eigenvalue weighted by Crippen LogP contribution is 2.19. The minimum absolute atomic E-state index is 0.231. The highest BCUT2D eigenvalue weighted by Gasteiger charge is 2.35. The lowest BCUT2D eigenvalue weighted by molar-refractivity contribution is -0.126. The molecular weight excluding hydrogens is 140 g/mol. The van der Waals surface area contributed by atoms with Crippen LogP contribution in [0.1, 0.15) is 27.2 Å². The molecule has 11 heavy (non-hydrogen) atoms. The van der Waals surface area contributed by atoms with E-state index in [0.717, 1.165) is 6.42 Å². The largest absolute Gasteiger partial charge is 0.368 e. The van der Waals surface area contributed by atoms with Crippen molar-refractivity contribution in [3.63, 3.8) is 0 Å². The zero-order valence-electron chi connectivity index (χ0n) is 7.77. The summed E-state index contributed by atoms with van der Waals surface area (Å²) in [5.41, 5.74) is 4.76. The molecule has 0 aromatic carbocycles. The predicted octanol–water partition coefficient (Wildman–Crippen LogP) is 0.496. The van der Waals surface area contributed by atoms with Gasteiger partial charge in [0.25, 0.3) is 0 Å². The molecule has 0 saturated carbocycles. The second-order valence-corrected chi connectivity index (χ2v) is 3.09. The van der Waals surface area contributed by atoms with Gasteiger partial charge in [0.2, 0.25) is 5.91 Å². The van der Waals surface area contributed by atoms with Gasteiger partial charge >= 0.3 is 0 Å². The number of amides is 1. The molecule has 1 unspecified atom stereocenters. The third kappa shape index (κ3) is 1.71. The molecule has 0 saturated heterocycles. The maximum absolute atomic E-state index is 11.1. The zero-order chi connectivity index (χ0) is 9.07. The summed E-state index contributed by atoms with van der Waals surface area (Å²) in [6.07, 6.45) is 0.733. The molecule has 0 aliphatic carbocycles. The summed E-state index contributed by atoms with van der Waals surface area (Å²) in [6.45, 7) is 5.94. The minimum Gasteiger partial charge on any atom is -0.368 e. The Hall–Kier alpha value is -0.570. The normalized spacial score (nSPS) is 16.5. The molecule has 0 spiro atoms. The van der Waals surface area contributed by atoms with Crippen LogP contribution in [0, 0.1) is 5.92 Å². The molecule has 0 heterocycles. The van der Waals surface area contributed by atoms with Crippen molar-refractivity contribution < 1.29 is 4.79 Å². The van der Waals surface area contributed by atoms with Crippen LogP contribution in [0.2, 0.25) is 0 Å². The van der Waals surface area contributed by atoms with Gasteiger partial charge in [-0.25, -0.2) is 0 Å². The van der Waals surface area contributed by atoms with Crippen molar-refractivity contribution in [3.8, 4) is 0 Å². The fourth-order valence-corrected chi connectivity index (χ4v) is 1.46. The highest BCUT2D eigenvalue weighted by molar-refractivity contribution is 5.84. The Bertz CT molecular complexity index is 139. The fraction of sp³-hybridized carbons (Fsp3) is 0.875. The van der Waals surface area contributed by atoms with E-state index >= 15 is 0 Å². The molecule has 0 aliphatic heterocycles. The molecule has 3 nitrogen and oxygen atoms in total. The maximum atomic E-state index is 11.1. The molecule has 0 aliphatic rings. The molecule has 3 heteroatoms. The number of hydrogen-bond acceptors (Lipinski definition) is 2. The molecule has 66 valence electrons. The predicted molar refractivity (Wildman–Crippen MR) is 46.1 cm³/mol. The van der Waals surface area contributed by atoms with Crippen molar-refractivity contribution in [2.24, 2.45) is 11.7 Å². The van der Waals surface area contributed by atoms with E-state index in [-0.39, 0.29) is 11.8 Å². The highest BCUT2D eigenvalue weighted by atomic mass is 16.1. The number of carbonyl (C=O) groups excluding carboxylic acids is 1. The molecule has 1 atom stereocenters. The van der Waals surface area contributed by atoms with Gasteiger partial charge in [-0.1, -0.05) is 20.8 Å². The van der Waals surface area contributed by atoms with Crippen LogP contribution in [0.15, 0.2) is 0 Å². The van der Waals surface area contributed by atoms with Gasteiger partial charge in [0, 0.05) is 0 Å². The zero-order valence-corrected chi connectivity index (χ0v) is 7.77. The molecule has 0 fully saturated rings. The van der Waals surface area contributed by atoms with Crippen LogP contribution in [0.5, 0.6) is 0 Å². The van der Waals surface area contributed by atoms with Crippen molar-refractivity contribution in [1.29, 1.82) is 0 Å². The van der Waals surface area contributed by atoms with Gasteiger partial charge in [-0.15, -0.1) is 0 Å². The molecule has 0 aromatic heterocycles. The smallest absolute Gasteiger partial charge is 0.237 e. The molecule has 3 N–H and O–H groups in total. The van der Waals surface area contributed by atoms with E-state index in [9.17, 15) is 4.79 Å². The first kappa shape index (κ1) is 10.4. The topological polar surface area (TPSA) is 55.1 Å². The van der Waals surface area contributed by atoms with Gasteiger partial charge in [-0.05, 0) is 19.4 Å². The van der Waals surface area contributed by atoms with Crippen molar-refractivity contribution in [2.75, 3.05) is 7.05 Å². The fourth-order valence-electron chi connectivity index (χ4n) is 1.46. The summed E-state index contributed by atoms with van der Waals surface area (Å²) < 4.78 is 0. The lowest BCUT2D eigenvalue weighted by Crippen LogP contribution is -2.57. The lowest BCUT2D eigenvalue weighted by Gasteiger charge is -2.32. The quantitative estimate of drug-likeness (QED) is 0.626. The van der Waals surface area contributed by atoms with Crippen LogP contribution in [0.25, 0.3) is 0 Å². The maximum Gasteiger partial charge on any atom is 0.237 e. The number of carbonyl (C=O) groups is 1. The first-order valence-corrected chi connectivity index (χ1v) is 4.00. The molecule has 0 bridgehead atoms. The summed E-state index contributed by atoms with van der Waals surface area (Å²) in [6, 6.07) is 0. The Balaban J connectivity index is 4.61. The average Bonchev–Trinajstić information content (AvgIpc) is 1.90. The van der Waals surface area contributed by atoms with Crippen LogP contribution >= 0.6 is 0 Å². The van der Waals surface area contributed by atoms with E-state index in [0.29, 0.717) is 0 Å². The average molecular weight is 158 g/mol. The third-order valence-corrected chi connectivity index (χ3v) is 2.43. The number of rotatable bonds is 4. The Morgan fingerprint density at radius 3 is 2.09 bits per heavy atom. The van der Waals surface area contributed by atoms with Crippen molar-refractivity contribution in [2.45, 2.75) is 32.7 Å². The number of nitrogens with one attached hydrogen (secondary N) is 1. The summed E-state index contributed by atoms with van der Waals surface area (Å²) >= 11 is 0. The van der Waals surface area contributed by atoms with E-state index in [2.05, 4.69) is 5.32 Å². The van der Waals surface area contributed by atoms with Gasteiger partial charge in [0.15, 0.2) is 0 Å². The van der Waals surface area contributed by atoms with E-state index in [1.807, 2.05) is 20.8 Å². The van der Waals surface area contributed by atoms with Gasteiger partial charge in [0.1, 0.15) is 0 Å². The van der Waals surface area contributed by atoms with Crippen LogP contribution in [0.3, 0.4) is 0 Å². The van der Waals surface area contributed by atoms with E-state index in [1.165, 1.54) is 0 Å².